The van der Waals surface area contributed by atoms with E-state index < -0.39 is 12.1 Å². The van der Waals surface area contributed by atoms with Gasteiger partial charge in [0.25, 0.3) is 0 Å². The molecule has 0 saturated heterocycles. The van der Waals surface area contributed by atoms with Crippen LogP contribution in [0.2, 0.25) is 0 Å². The predicted molar refractivity (Wildman–Crippen MR) is 68.1 cm³/mol. The van der Waals surface area contributed by atoms with Gasteiger partial charge in [0.05, 0.1) is 26.4 Å². The molecule has 13 heteroatoms. The number of ether oxygens (including phenoxy) is 1. The minimum Gasteiger partial charge on any atom is -0.394 e. The van der Waals surface area contributed by atoms with Gasteiger partial charge in [-0.1, -0.05) is 0 Å². The second-order valence-electron chi connectivity index (χ2n) is 1.93. The van der Waals surface area contributed by atoms with Crippen molar-refractivity contribution in [3.63, 3.8) is 0 Å². The number of aliphatic hydroxyl groups is 2. The third kappa shape index (κ3) is 141. The molecule has 0 atom stereocenters. The molecule has 0 aliphatic rings. The van der Waals surface area contributed by atoms with Crippen LogP contribution in [0.15, 0.2) is 0 Å². The van der Waals surface area contributed by atoms with Gasteiger partial charge >= 0.3 is 12.1 Å². The van der Waals surface area contributed by atoms with Crippen LogP contribution in [0.4, 0.5) is 0 Å². The van der Waals surface area contributed by atoms with E-state index in [0.717, 1.165) is 0 Å². The van der Waals surface area contributed by atoms with E-state index in [9.17, 15) is 9.13 Å². The van der Waals surface area contributed by atoms with Crippen LogP contribution in [0.5, 0.6) is 0 Å². The summed E-state index contributed by atoms with van der Waals surface area (Å²) < 4.78 is 23.2. The largest absolute Gasteiger partial charge is 0.394 e. The SMILES string of the molecule is O=P(O)(Cl)Cl.O=P(O)(Cl)Cl.OCCOCCO. The highest BCUT2D eigenvalue weighted by Gasteiger charge is 2.02. The van der Waals surface area contributed by atoms with Crippen molar-refractivity contribution >= 4 is 57.1 Å². The highest BCUT2D eigenvalue weighted by molar-refractivity contribution is 8.04. The molecular weight excluding hydrogens is 364 g/mol. The van der Waals surface area contributed by atoms with Gasteiger partial charge in [0.2, 0.25) is 0 Å². The van der Waals surface area contributed by atoms with Crippen LogP contribution in [0.1, 0.15) is 0 Å². The average Bonchev–Trinajstić information content (AvgIpc) is 1.99. The first-order chi connectivity index (χ1) is 7.41. The minimum atomic E-state index is -3.69. The molecule has 0 aromatic carbocycles. The van der Waals surface area contributed by atoms with Crippen molar-refractivity contribution in [3.8, 4) is 0 Å². The molecule has 108 valence electrons. The second-order valence-corrected chi connectivity index (χ2v) is 10.2. The topological polar surface area (TPSA) is 124 Å². The molecule has 0 saturated carbocycles. The Morgan fingerprint density at radius 3 is 1.12 bits per heavy atom. The number of rotatable bonds is 4. The maximum atomic E-state index is 9.30. The van der Waals surface area contributed by atoms with Crippen molar-refractivity contribution in [2.24, 2.45) is 0 Å². The Labute approximate surface area is 117 Å². The maximum Gasteiger partial charge on any atom is 0.377 e. The van der Waals surface area contributed by atoms with Crippen LogP contribution in [-0.2, 0) is 13.9 Å². The monoisotopic (exact) mass is 374 g/mol. The van der Waals surface area contributed by atoms with Gasteiger partial charge in [0.15, 0.2) is 0 Å². The highest BCUT2D eigenvalue weighted by Crippen LogP contribution is 2.51. The Balaban J connectivity index is -0.000000177. The second kappa shape index (κ2) is 13.8. The fourth-order valence-corrected chi connectivity index (χ4v) is 0.231. The van der Waals surface area contributed by atoms with E-state index in [2.05, 4.69) is 49.7 Å². The number of hydrogen-bond acceptors (Lipinski definition) is 5. The van der Waals surface area contributed by atoms with Crippen molar-refractivity contribution in [3.05, 3.63) is 0 Å². The lowest BCUT2D eigenvalue weighted by atomic mass is 10.7. The van der Waals surface area contributed by atoms with Gasteiger partial charge in [-0.25, -0.2) is 0 Å². The van der Waals surface area contributed by atoms with Gasteiger partial charge in [0, 0.05) is 0 Å². The number of aliphatic hydroxyl groups excluding tert-OH is 2. The lowest BCUT2D eigenvalue weighted by molar-refractivity contribution is 0.0650. The molecule has 0 fully saturated rings. The third-order valence-corrected chi connectivity index (χ3v) is 0.471. The molecule has 0 aromatic heterocycles. The van der Waals surface area contributed by atoms with Crippen LogP contribution < -0.4 is 0 Å². The van der Waals surface area contributed by atoms with Gasteiger partial charge in [-0.3, -0.25) is 9.13 Å². The van der Waals surface area contributed by atoms with E-state index in [1.54, 1.807) is 0 Å². The molecule has 0 bridgehead atoms. The maximum absolute atomic E-state index is 9.30. The van der Waals surface area contributed by atoms with E-state index in [0.29, 0.717) is 13.2 Å². The standard InChI is InChI=1S/C4H10O3.2Cl2HO2P/c5-1-3-7-4-2-6;2*1-5(2,3)4/h5-6H,1-4H2;2*(H,3,4). The first-order valence-electron chi connectivity index (χ1n) is 3.65. The van der Waals surface area contributed by atoms with Crippen molar-refractivity contribution in [2.45, 2.75) is 0 Å². The Bertz CT molecular complexity index is 199. The van der Waals surface area contributed by atoms with Crippen molar-refractivity contribution in [2.75, 3.05) is 26.4 Å². The summed E-state index contributed by atoms with van der Waals surface area (Å²) in [5, 5.41) is 16.2. The molecular formula is C4H12Cl4O7P2. The van der Waals surface area contributed by atoms with Crippen LogP contribution in [0, 0.1) is 0 Å². The molecule has 0 radical (unpaired) electrons. The lowest BCUT2D eigenvalue weighted by Gasteiger charge is -1.94. The Kier molecular flexibility index (Phi) is 19.1. The fraction of sp³-hybridized carbons (Fsp3) is 1.00. The summed E-state index contributed by atoms with van der Waals surface area (Å²) in [5.74, 6) is 0. The van der Waals surface area contributed by atoms with Crippen LogP contribution in [-0.4, -0.2) is 46.4 Å². The summed E-state index contributed by atoms with van der Waals surface area (Å²) in [6, 6.07) is 0. The number of hydrogen-bond donors (Lipinski definition) is 4. The minimum absolute atomic E-state index is 0.0278. The summed E-state index contributed by atoms with van der Waals surface area (Å²) in [6.07, 6.45) is -7.39. The first kappa shape index (κ1) is 23.5. The molecule has 4 N–H and O–H groups in total. The zero-order valence-electron chi connectivity index (χ0n) is 8.25. The van der Waals surface area contributed by atoms with Crippen molar-refractivity contribution < 1.29 is 33.9 Å². The smallest absolute Gasteiger partial charge is 0.377 e. The zero-order chi connectivity index (χ0) is 14.5. The third-order valence-electron chi connectivity index (χ3n) is 0.471. The van der Waals surface area contributed by atoms with Crippen LogP contribution in [0.25, 0.3) is 0 Å². The molecule has 0 aliphatic heterocycles. The molecule has 7 nitrogen and oxygen atoms in total. The van der Waals surface area contributed by atoms with Crippen molar-refractivity contribution in [1.82, 2.24) is 0 Å². The first-order valence-corrected chi connectivity index (χ1v) is 10.6. The van der Waals surface area contributed by atoms with E-state index >= 15 is 0 Å². The molecule has 0 rings (SSSR count). The van der Waals surface area contributed by atoms with Gasteiger partial charge in [-0.05, 0) is 45.0 Å². The van der Waals surface area contributed by atoms with Crippen LogP contribution >= 0.6 is 57.1 Å². The van der Waals surface area contributed by atoms with E-state index in [1.807, 2.05) is 0 Å². The van der Waals surface area contributed by atoms with Gasteiger partial charge in [-0.2, -0.15) is 0 Å². The number of halogens is 4. The quantitative estimate of drug-likeness (QED) is 0.438. The molecule has 17 heavy (non-hydrogen) atoms. The fourth-order valence-electron chi connectivity index (χ4n) is 0.231. The summed E-state index contributed by atoms with van der Waals surface area (Å²) in [5.41, 5.74) is 0. The molecule has 0 amide bonds. The molecule has 0 unspecified atom stereocenters. The highest BCUT2D eigenvalue weighted by atomic mass is 35.9. The average molecular weight is 376 g/mol. The van der Waals surface area contributed by atoms with Gasteiger partial charge in [0.1, 0.15) is 0 Å². The van der Waals surface area contributed by atoms with Gasteiger partial charge < -0.3 is 24.7 Å². The zero-order valence-corrected chi connectivity index (χ0v) is 13.1. The summed E-state index contributed by atoms with van der Waals surface area (Å²) in [6.45, 7) is 0.696. The predicted octanol–water partition coefficient (Wildman–Crippen LogP) is 2.12. The normalized spacial score (nSPS) is 10.8. The molecule has 0 spiro atoms. The Morgan fingerprint density at radius 2 is 1.00 bits per heavy atom. The molecule has 0 heterocycles. The molecule has 0 aromatic rings. The molecule has 0 aliphatic carbocycles. The summed E-state index contributed by atoms with van der Waals surface area (Å²) >= 11 is 17.6. The van der Waals surface area contributed by atoms with E-state index in [-0.39, 0.29) is 13.2 Å². The van der Waals surface area contributed by atoms with Crippen LogP contribution in [0.3, 0.4) is 0 Å². The Morgan fingerprint density at radius 1 is 0.824 bits per heavy atom. The van der Waals surface area contributed by atoms with E-state index in [1.165, 1.54) is 0 Å². The lowest BCUT2D eigenvalue weighted by Crippen LogP contribution is -2.03. The van der Waals surface area contributed by atoms with Gasteiger partial charge in [-0.15, -0.1) is 0 Å². The van der Waals surface area contributed by atoms with E-state index in [4.69, 9.17) is 20.0 Å². The summed E-state index contributed by atoms with van der Waals surface area (Å²) in [4.78, 5) is 15.2. The summed E-state index contributed by atoms with van der Waals surface area (Å²) in [7, 11) is 0. The van der Waals surface area contributed by atoms with Crippen molar-refractivity contribution in [1.29, 1.82) is 0 Å². The Hall–Kier alpha value is 1.42.